The highest BCUT2D eigenvalue weighted by molar-refractivity contribution is 5.98. The summed E-state index contributed by atoms with van der Waals surface area (Å²) >= 11 is 0. The summed E-state index contributed by atoms with van der Waals surface area (Å²) in [7, 11) is 0. The number of esters is 5. The van der Waals surface area contributed by atoms with E-state index in [0.29, 0.717) is 72.5 Å². The predicted octanol–water partition coefficient (Wildman–Crippen LogP) is 11.9. The molecule has 6 aromatic rings. The van der Waals surface area contributed by atoms with Crippen molar-refractivity contribution in [3.63, 3.8) is 0 Å². The van der Waals surface area contributed by atoms with E-state index in [0.717, 1.165) is 103 Å². The maximum atomic E-state index is 13.4. The molecule has 0 aliphatic rings. The molecule has 0 heterocycles. The van der Waals surface area contributed by atoms with Crippen LogP contribution >= 0.6 is 0 Å². The fraction of sp³-hybridized carbons (Fsp3) is 0.268. The van der Waals surface area contributed by atoms with Gasteiger partial charge in [0, 0.05) is 12.2 Å². The Morgan fingerprint density at radius 2 is 0.838 bits per heavy atom. The van der Waals surface area contributed by atoms with Gasteiger partial charge in [0.2, 0.25) is 0 Å². The number of benzene rings is 6. The molecule has 0 aliphatic heterocycles. The van der Waals surface area contributed by atoms with Crippen LogP contribution in [-0.2, 0) is 25.5 Å². The minimum atomic E-state index is -0.550. The number of fused-ring (bicyclic) bond motifs is 2. The molecule has 0 saturated carbocycles. The third-order valence-corrected chi connectivity index (χ3v) is 10.8. The monoisotopic (exact) mass is 920 g/mol. The lowest BCUT2D eigenvalue weighted by Gasteiger charge is -2.13. The van der Waals surface area contributed by atoms with E-state index in [1.54, 1.807) is 91.0 Å². The lowest BCUT2D eigenvalue weighted by atomic mass is 10.1. The summed E-state index contributed by atoms with van der Waals surface area (Å²) in [5.74, 6) is 0.0276. The molecule has 0 aliphatic carbocycles. The third-order valence-electron chi connectivity index (χ3n) is 10.8. The number of carbonyl (C=O) groups excluding carboxylic acids is 5. The van der Waals surface area contributed by atoms with Gasteiger partial charge in [-0.05, 0) is 176 Å². The molecule has 0 saturated heterocycles. The number of aryl methyl sites for hydroxylation is 1. The zero-order valence-corrected chi connectivity index (χ0v) is 38.3. The average molecular weight is 921 g/mol. The Balaban J connectivity index is 0.967. The van der Waals surface area contributed by atoms with Gasteiger partial charge in [-0.2, -0.15) is 0 Å². The van der Waals surface area contributed by atoms with E-state index in [1.807, 2.05) is 31.2 Å². The molecule has 6 rings (SSSR count). The molecular formula is C56H56O12. The van der Waals surface area contributed by atoms with Gasteiger partial charge in [-0.15, -0.1) is 0 Å². The first kappa shape index (κ1) is 49.7. The third kappa shape index (κ3) is 15.2. The summed E-state index contributed by atoms with van der Waals surface area (Å²) in [6.45, 7) is 10.6. The van der Waals surface area contributed by atoms with Gasteiger partial charge in [0.15, 0.2) is 0 Å². The zero-order chi connectivity index (χ0) is 48.1. The van der Waals surface area contributed by atoms with E-state index in [1.165, 1.54) is 0 Å². The molecule has 0 aromatic heterocycles. The Hall–Kier alpha value is -7.73. The molecule has 0 N–H and O–H groups in total. The lowest BCUT2D eigenvalue weighted by Crippen LogP contribution is -2.11. The quantitative estimate of drug-likeness (QED) is 0.0220. The van der Waals surface area contributed by atoms with Gasteiger partial charge in [-0.1, -0.05) is 50.8 Å². The van der Waals surface area contributed by atoms with E-state index in [2.05, 4.69) is 13.2 Å². The van der Waals surface area contributed by atoms with E-state index in [-0.39, 0.29) is 0 Å². The molecule has 352 valence electrons. The minimum Gasteiger partial charge on any atom is -0.494 e. The van der Waals surface area contributed by atoms with Crippen LogP contribution in [0.15, 0.2) is 141 Å². The number of carbonyl (C=O) groups is 5. The van der Waals surface area contributed by atoms with Gasteiger partial charge >= 0.3 is 29.8 Å². The Bertz CT molecular complexity index is 2720. The van der Waals surface area contributed by atoms with Crippen LogP contribution in [0.4, 0.5) is 0 Å². The molecule has 0 atom stereocenters. The van der Waals surface area contributed by atoms with Crippen molar-refractivity contribution in [3.05, 3.63) is 163 Å². The smallest absolute Gasteiger partial charge is 0.343 e. The van der Waals surface area contributed by atoms with Crippen molar-refractivity contribution in [2.24, 2.45) is 0 Å². The number of unbranched alkanes of at least 4 members (excludes halogenated alkanes) is 6. The largest absolute Gasteiger partial charge is 0.494 e. The van der Waals surface area contributed by atoms with E-state index in [4.69, 9.17) is 33.2 Å². The van der Waals surface area contributed by atoms with Crippen LogP contribution in [-0.4, -0.2) is 56.3 Å². The fourth-order valence-electron chi connectivity index (χ4n) is 7.18. The van der Waals surface area contributed by atoms with Crippen LogP contribution in [0.1, 0.15) is 101 Å². The summed E-state index contributed by atoms with van der Waals surface area (Å²) in [6.07, 6.45) is 10.7. The fourth-order valence-corrected chi connectivity index (χ4v) is 7.18. The van der Waals surface area contributed by atoms with Crippen LogP contribution in [0.5, 0.6) is 28.7 Å². The van der Waals surface area contributed by atoms with E-state index < -0.39 is 29.8 Å². The topological polar surface area (TPSA) is 150 Å². The second kappa shape index (κ2) is 25.8. The van der Waals surface area contributed by atoms with Gasteiger partial charge in [0.1, 0.15) is 28.7 Å². The maximum absolute atomic E-state index is 13.4. The highest BCUT2D eigenvalue weighted by Crippen LogP contribution is 2.30. The van der Waals surface area contributed by atoms with Gasteiger partial charge in [-0.25, -0.2) is 24.0 Å². The standard InChI is InChI=1S/C56H56O12/c1-4-15-44-38-50(67-55(60)45-18-16-42-36-48(26-22-40(42)34-45)63-31-12-8-10-14-33-65-53(58)6-3)28-29-51(44)68-56(61)46-19-17-43-37-49(27-23-41(43)35-46)66-54(59)39-20-24-47(25-21-39)62-30-11-7-9-13-32-64-52(57)5-2/h5-6,16-29,34-38H,2-4,7-15,30-33H2,1H3. The first-order valence-electron chi connectivity index (χ1n) is 22.9. The van der Waals surface area contributed by atoms with Gasteiger partial charge in [0.05, 0.1) is 43.1 Å². The van der Waals surface area contributed by atoms with Crippen LogP contribution in [0.2, 0.25) is 0 Å². The summed E-state index contributed by atoms with van der Waals surface area (Å²) in [4.78, 5) is 61.9. The second-order valence-corrected chi connectivity index (χ2v) is 15.9. The Labute approximate surface area is 396 Å². The molecule has 0 spiro atoms. The SMILES string of the molecule is C=CC(=O)OCCCCCCOc1ccc(C(=O)Oc2ccc3cc(C(=O)Oc4ccc(OC(=O)c5ccc6cc(OCCCCCCOC(=O)C=C)ccc6c5)cc4CCC)ccc3c2)cc1. The average Bonchev–Trinajstić information content (AvgIpc) is 3.35. The molecule has 6 aromatic carbocycles. The highest BCUT2D eigenvalue weighted by Gasteiger charge is 2.17. The van der Waals surface area contributed by atoms with Crippen molar-refractivity contribution in [2.75, 3.05) is 26.4 Å². The molecule has 0 amide bonds. The summed E-state index contributed by atoms with van der Waals surface area (Å²) in [6, 6.07) is 33.1. The summed E-state index contributed by atoms with van der Waals surface area (Å²) in [5.41, 5.74) is 1.81. The molecule has 12 heteroatoms. The zero-order valence-electron chi connectivity index (χ0n) is 38.3. The number of hydrogen-bond donors (Lipinski definition) is 0. The molecule has 0 unspecified atom stereocenters. The number of ether oxygens (including phenoxy) is 7. The first-order chi connectivity index (χ1) is 33.1. The maximum Gasteiger partial charge on any atom is 0.343 e. The van der Waals surface area contributed by atoms with Gasteiger partial charge in [0.25, 0.3) is 0 Å². The van der Waals surface area contributed by atoms with Crippen molar-refractivity contribution in [1.29, 1.82) is 0 Å². The van der Waals surface area contributed by atoms with Crippen molar-refractivity contribution in [1.82, 2.24) is 0 Å². The van der Waals surface area contributed by atoms with Crippen LogP contribution in [0.3, 0.4) is 0 Å². The Morgan fingerprint density at radius 3 is 1.40 bits per heavy atom. The van der Waals surface area contributed by atoms with Crippen LogP contribution < -0.4 is 23.7 Å². The minimum absolute atomic E-state index is 0.328. The Morgan fingerprint density at radius 1 is 0.426 bits per heavy atom. The molecule has 68 heavy (non-hydrogen) atoms. The van der Waals surface area contributed by atoms with E-state index >= 15 is 0 Å². The van der Waals surface area contributed by atoms with Crippen molar-refractivity contribution >= 4 is 51.4 Å². The predicted molar refractivity (Wildman–Crippen MR) is 260 cm³/mol. The summed E-state index contributed by atoms with van der Waals surface area (Å²) < 4.78 is 39.1. The molecule has 12 nitrogen and oxygen atoms in total. The number of hydrogen-bond acceptors (Lipinski definition) is 12. The molecule has 0 bridgehead atoms. The molecule has 0 fully saturated rings. The van der Waals surface area contributed by atoms with Gasteiger partial charge < -0.3 is 33.2 Å². The second-order valence-electron chi connectivity index (χ2n) is 15.9. The van der Waals surface area contributed by atoms with Crippen molar-refractivity contribution < 1.29 is 57.1 Å². The van der Waals surface area contributed by atoms with Crippen LogP contribution in [0, 0.1) is 0 Å². The summed E-state index contributed by atoms with van der Waals surface area (Å²) in [5, 5.41) is 3.30. The highest BCUT2D eigenvalue weighted by atomic mass is 16.6. The Kier molecular flexibility index (Phi) is 18.9. The van der Waals surface area contributed by atoms with Crippen molar-refractivity contribution in [2.45, 2.75) is 71.1 Å². The van der Waals surface area contributed by atoms with Crippen LogP contribution in [0.25, 0.3) is 21.5 Å². The lowest BCUT2D eigenvalue weighted by molar-refractivity contribution is -0.138. The normalized spacial score (nSPS) is 10.8. The van der Waals surface area contributed by atoms with Gasteiger partial charge in [-0.3, -0.25) is 0 Å². The van der Waals surface area contributed by atoms with Crippen molar-refractivity contribution in [3.8, 4) is 28.7 Å². The number of rotatable bonds is 26. The first-order valence-corrected chi connectivity index (χ1v) is 22.9. The molecule has 0 radical (unpaired) electrons. The van der Waals surface area contributed by atoms with E-state index in [9.17, 15) is 24.0 Å². The molecular weight excluding hydrogens is 865 g/mol.